The SMILES string of the molecule is Cc1nsc(-c2ccc(C)c(NCC(=O)N3CCc4c3cccc4C(C)(C)OC(=O)C(O)CO)c2)n1. The Labute approximate surface area is 213 Å². The quantitative estimate of drug-likeness (QED) is 0.395. The smallest absolute Gasteiger partial charge is 0.338 e. The minimum atomic E-state index is -1.59. The first-order valence-corrected chi connectivity index (χ1v) is 12.5. The molecule has 2 heterocycles. The van der Waals surface area contributed by atoms with Crippen molar-refractivity contribution in [3.8, 4) is 10.6 Å². The number of amides is 1. The van der Waals surface area contributed by atoms with Crippen molar-refractivity contribution < 1.29 is 24.5 Å². The van der Waals surface area contributed by atoms with E-state index in [1.54, 1.807) is 18.7 Å². The molecule has 3 N–H and O–H groups in total. The third-order valence-electron chi connectivity index (χ3n) is 6.22. The first-order valence-electron chi connectivity index (χ1n) is 11.7. The molecule has 0 saturated heterocycles. The van der Waals surface area contributed by atoms with Crippen molar-refractivity contribution in [1.82, 2.24) is 9.36 Å². The van der Waals surface area contributed by atoms with Crippen molar-refractivity contribution in [1.29, 1.82) is 0 Å². The molecule has 0 bridgehead atoms. The Hall–Kier alpha value is -3.34. The lowest BCUT2D eigenvalue weighted by Crippen LogP contribution is -2.35. The summed E-state index contributed by atoms with van der Waals surface area (Å²) in [7, 11) is 0. The van der Waals surface area contributed by atoms with Crippen molar-refractivity contribution >= 4 is 34.8 Å². The molecule has 1 aromatic heterocycles. The summed E-state index contributed by atoms with van der Waals surface area (Å²) in [4.78, 5) is 31.5. The van der Waals surface area contributed by atoms with Gasteiger partial charge in [-0.15, -0.1) is 0 Å². The molecule has 1 aliphatic rings. The second-order valence-corrected chi connectivity index (χ2v) is 10.0. The van der Waals surface area contributed by atoms with Crippen LogP contribution < -0.4 is 10.2 Å². The summed E-state index contributed by atoms with van der Waals surface area (Å²) < 4.78 is 9.74. The molecule has 1 aliphatic heterocycles. The molecule has 3 aromatic rings. The summed E-state index contributed by atoms with van der Waals surface area (Å²) in [6, 6.07) is 11.5. The fourth-order valence-electron chi connectivity index (χ4n) is 4.33. The predicted octanol–water partition coefficient (Wildman–Crippen LogP) is 2.95. The van der Waals surface area contributed by atoms with Gasteiger partial charge in [0.15, 0.2) is 6.10 Å². The Kier molecular flexibility index (Phi) is 7.39. The molecule has 1 atom stereocenters. The molecule has 36 heavy (non-hydrogen) atoms. The van der Waals surface area contributed by atoms with Gasteiger partial charge in [-0.2, -0.15) is 4.37 Å². The third-order valence-corrected chi connectivity index (χ3v) is 7.08. The highest BCUT2D eigenvalue weighted by molar-refractivity contribution is 7.09. The molecule has 10 heteroatoms. The summed E-state index contributed by atoms with van der Waals surface area (Å²) in [5.74, 6) is -0.237. The number of hydrogen-bond acceptors (Lipinski definition) is 9. The number of aryl methyl sites for hydroxylation is 2. The van der Waals surface area contributed by atoms with Gasteiger partial charge in [0, 0.05) is 29.0 Å². The van der Waals surface area contributed by atoms with Crippen LogP contribution in [0.25, 0.3) is 10.6 Å². The largest absolute Gasteiger partial charge is 0.453 e. The van der Waals surface area contributed by atoms with Gasteiger partial charge >= 0.3 is 5.97 Å². The first kappa shape index (κ1) is 25.7. The van der Waals surface area contributed by atoms with E-state index in [2.05, 4.69) is 14.7 Å². The van der Waals surface area contributed by atoms with Crippen molar-refractivity contribution in [2.75, 3.05) is 29.9 Å². The van der Waals surface area contributed by atoms with Gasteiger partial charge in [0.1, 0.15) is 16.4 Å². The zero-order valence-electron chi connectivity index (χ0n) is 20.7. The number of carbonyl (C=O) groups is 2. The second kappa shape index (κ2) is 10.3. The zero-order chi connectivity index (χ0) is 26.0. The maximum absolute atomic E-state index is 13.2. The van der Waals surface area contributed by atoms with Crippen molar-refractivity contribution in [3.05, 3.63) is 58.9 Å². The van der Waals surface area contributed by atoms with E-state index >= 15 is 0 Å². The van der Waals surface area contributed by atoms with E-state index in [0.29, 0.717) is 13.0 Å². The summed E-state index contributed by atoms with van der Waals surface area (Å²) in [5, 5.41) is 22.8. The number of ether oxygens (including phenoxy) is 1. The summed E-state index contributed by atoms with van der Waals surface area (Å²) in [5.41, 5.74) is 4.24. The molecule has 0 fully saturated rings. The maximum atomic E-state index is 13.2. The van der Waals surface area contributed by atoms with E-state index in [9.17, 15) is 14.7 Å². The lowest BCUT2D eigenvalue weighted by molar-refractivity contribution is -0.169. The van der Waals surface area contributed by atoms with Gasteiger partial charge < -0.3 is 25.2 Å². The molecule has 1 unspecified atom stereocenters. The summed E-state index contributed by atoms with van der Waals surface area (Å²) in [6.45, 7) is 7.21. The monoisotopic (exact) mass is 510 g/mol. The van der Waals surface area contributed by atoms with Crippen molar-refractivity contribution in [2.24, 2.45) is 0 Å². The number of hydrogen-bond donors (Lipinski definition) is 3. The molecule has 0 aliphatic carbocycles. The van der Waals surface area contributed by atoms with E-state index in [-0.39, 0.29) is 12.5 Å². The van der Waals surface area contributed by atoms with Crippen LogP contribution in [-0.2, 0) is 26.3 Å². The number of carbonyl (C=O) groups excluding carboxylic acids is 2. The highest BCUT2D eigenvalue weighted by Gasteiger charge is 2.35. The van der Waals surface area contributed by atoms with E-state index in [1.165, 1.54) is 11.5 Å². The third kappa shape index (κ3) is 5.25. The van der Waals surface area contributed by atoms with Crippen LogP contribution >= 0.6 is 11.5 Å². The van der Waals surface area contributed by atoms with Crippen LogP contribution in [0.5, 0.6) is 0 Å². The molecule has 190 valence electrons. The number of anilines is 2. The van der Waals surface area contributed by atoms with Gasteiger partial charge in [-0.3, -0.25) is 4.79 Å². The highest BCUT2D eigenvalue weighted by Crippen LogP contribution is 2.38. The van der Waals surface area contributed by atoms with Gasteiger partial charge in [0.2, 0.25) is 5.91 Å². The lowest BCUT2D eigenvalue weighted by Gasteiger charge is -2.29. The number of aliphatic hydroxyl groups is 2. The maximum Gasteiger partial charge on any atom is 0.338 e. The fraction of sp³-hybridized carbons (Fsp3) is 0.385. The van der Waals surface area contributed by atoms with E-state index in [4.69, 9.17) is 9.84 Å². The fourth-order valence-corrected chi connectivity index (χ4v) is 5.00. The highest BCUT2D eigenvalue weighted by atomic mass is 32.1. The number of aromatic nitrogens is 2. The van der Waals surface area contributed by atoms with Crippen LogP contribution in [-0.4, -0.2) is 57.2 Å². The van der Waals surface area contributed by atoms with Crippen molar-refractivity contribution in [2.45, 2.75) is 45.8 Å². The minimum Gasteiger partial charge on any atom is -0.453 e. The molecule has 2 aromatic carbocycles. The zero-order valence-corrected chi connectivity index (χ0v) is 21.6. The number of fused-ring (bicyclic) bond motifs is 1. The molecule has 4 rings (SSSR count). The summed E-state index contributed by atoms with van der Waals surface area (Å²) >= 11 is 1.34. The Morgan fingerprint density at radius 3 is 2.72 bits per heavy atom. The number of esters is 1. The Morgan fingerprint density at radius 1 is 1.25 bits per heavy atom. The Balaban J connectivity index is 1.49. The van der Waals surface area contributed by atoms with Crippen LogP contribution in [0.2, 0.25) is 0 Å². The molecular formula is C26H30N4O5S. The number of aliphatic hydroxyl groups excluding tert-OH is 2. The first-order chi connectivity index (χ1) is 17.1. The van der Waals surface area contributed by atoms with E-state index in [0.717, 1.165) is 44.5 Å². The van der Waals surface area contributed by atoms with E-state index in [1.807, 2.05) is 50.2 Å². The molecule has 0 radical (unpaired) electrons. The lowest BCUT2D eigenvalue weighted by atomic mass is 9.91. The van der Waals surface area contributed by atoms with Crippen LogP contribution in [0.1, 0.15) is 36.4 Å². The average molecular weight is 511 g/mol. The van der Waals surface area contributed by atoms with Gasteiger partial charge in [0.25, 0.3) is 0 Å². The molecule has 9 nitrogen and oxygen atoms in total. The Bertz CT molecular complexity index is 1290. The van der Waals surface area contributed by atoms with Crippen LogP contribution in [0, 0.1) is 13.8 Å². The summed E-state index contributed by atoms with van der Waals surface area (Å²) in [6.07, 6.45) is -0.978. The molecular weight excluding hydrogens is 480 g/mol. The number of benzene rings is 2. The van der Waals surface area contributed by atoms with Gasteiger partial charge in [-0.25, -0.2) is 9.78 Å². The van der Waals surface area contributed by atoms with Crippen LogP contribution in [0.4, 0.5) is 11.4 Å². The van der Waals surface area contributed by atoms with Gasteiger partial charge in [0.05, 0.1) is 13.2 Å². The minimum absolute atomic E-state index is 0.0760. The standard InChI is InChI=1S/C26H30N4O5S/c1-15-8-9-17(24-28-16(2)29-36-24)12-20(15)27-13-23(33)30-11-10-18-19(6-5-7-21(18)30)26(3,4)35-25(34)22(32)14-31/h5-9,12,22,27,31-32H,10-11,13-14H2,1-4H3. The predicted molar refractivity (Wildman–Crippen MR) is 138 cm³/mol. The van der Waals surface area contributed by atoms with Crippen LogP contribution in [0.15, 0.2) is 36.4 Å². The topological polar surface area (TPSA) is 125 Å². The van der Waals surface area contributed by atoms with Crippen LogP contribution in [0.3, 0.4) is 0 Å². The van der Waals surface area contributed by atoms with E-state index < -0.39 is 24.3 Å². The molecule has 0 saturated carbocycles. The second-order valence-electron chi connectivity index (χ2n) is 9.26. The Morgan fingerprint density at radius 2 is 2.03 bits per heavy atom. The molecule has 0 spiro atoms. The number of nitrogens with zero attached hydrogens (tertiary/aromatic N) is 3. The molecule has 1 amide bonds. The van der Waals surface area contributed by atoms with Gasteiger partial charge in [-0.1, -0.05) is 24.3 Å². The van der Waals surface area contributed by atoms with Gasteiger partial charge in [-0.05, 0) is 68.9 Å². The number of nitrogens with one attached hydrogen (secondary N) is 1. The normalized spacial score (nSPS) is 13.9. The average Bonchev–Trinajstić information content (AvgIpc) is 3.48. The number of rotatable bonds is 8. The van der Waals surface area contributed by atoms with Crippen molar-refractivity contribution in [3.63, 3.8) is 0 Å².